The highest BCUT2D eigenvalue weighted by Crippen LogP contribution is 2.22. The number of benzene rings is 1. The highest BCUT2D eigenvalue weighted by atomic mass is 32.2. The van der Waals surface area contributed by atoms with Crippen molar-refractivity contribution in [2.45, 2.75) is 25.4 Å². The first-order valence-corrected chi connectivity index (χ1v) is 7.95. The van der Waals surface area contributed by atoms with Crippen molar-refractivity contribution in [2.75, 3.05) is 23.4 Å². The second-order valence-electron chi connectivity index (χ2n) is 4.49. The van der Waals surface area contributed by atoms with Gasteiger partial charge in [0, 0.05) is 18.3 Å². The molecule has 0 aliphatic rings. The third-order valence-corrected chi connectivity index (χ3v) is 3.40. The number of nitrogens with zero attached hydrogens (tertiary/aromatic N) is 2. The molecule has 2 N–H and O–H groups in total. The van der Waals surface area contributed by atoms with Crippen LogP contribution in [0.3, 0.4) is 0 Å². The minimum atomic E-state index is 0.766. The number of aromatic nitrogens is 2. The number of nitrogens with one attached hydrogen (secondary N) is 2. The molecule has 0 bridgehead atoms. The van der Waals surface area contributed by atoms with E-state index in [2.05, 4.69) is 46.6 Å². The number of aryl methyl sites for hydroxylation is 1. The smallest absolute Gasteiger partial charge is 0.191 e. The number of para-hydroxylation sites is 1. The van der Waals surface area contributed by atoms with Gasteiger partial charge in [-0.05, 0) is 31.2 Å². The maximum Gasteiger partial charge on any atom is 0.191 e. The molecular weight excluding hydrogens is 268 g/mol. The standard InChI is InChI=1S/C15H20N4S/c1-4-9-16-13-10-14(19-15(18-13)20-3)17-12-8-6-5-7-11(12)2/h5-8,10H,4,9H2,1-3H3,(H2,16,17,18,19). The Bertz CT molecular complexity index is 572. The van der Waals surface area contributed by atoms with Crippen LogP contribution < -0.4 is 10.6 Å². The number of hydrogen-bond donors (Lipinski definition) is 2. The van der Waals surface area contributed by atoms with E-state index in [0.29, 0.717) is 0 Å². The number of thioether (sulfide) groups is 1. The molecule has 0 aliphatic heterocycles. The van der Waals surface area contributed by atoms with Gasteiger partial charge in [-0.25, -0.2) is 9.97 Å². The summed E-state index contributed by atoms with van der Waals surface area (Å²) in [6, 6.07) is 10.1. The summed E-state index contributed by atoms with van der Waals surface area (Å²) < 4.78 is 0. The highest BCUT2D eigenvalue weighted by Gasteiger charge is 2.05. The fourth-order valence-corrected chi connectivity index (χ4v) is 2.15. The minimum Gasteiger partial charge on any atom is -0.370 e. The van der Waals surface area contributed by atoms with Crippen LogP contribution >= 0.6 is 11.8 Å². The Kier molecular flexibility index (Phi) is 5.24. The third-order valence-electron chi connectivity index (χ3n) is 2.85. The first kappa shape index (κ1) is 14.7. The average molecular weight is 288 g/mol. The molecule has 0 amide bonds. The summed E-state index contributed by atoms with van der Waals surface area (Å²) in [7, 11) is 0. The van der Waals surface area contributed by atoms with Gasteiger partial charge in [0.1, 0.15) is 11.6 Å². The molecule has 0 atom stereocenters. The second kappa shape index (κ2) is 7.14. The van der Waals surface area contributed by atoms with Crippen molar-refractivity contribution < 1.29 is 0 Å². The summed E-state index contributed by atoms with van der Waals surface area (Å²) in [5, 5.41) is 7.43. The van der Waals surface area contributed by atoms with E-state index in [-0.39, 0.29) is 0 Å². The van der Waals surface area contributed by atoms with Crippen LogP contribution in [-0.4, -0.2) is 22.8 Å². The topological polar surface area (TPSA) is 49.8 Å². The van der Waals surface area contributed by atoms with Crippen LogP contribution in [0.1, 0.15) is 18.9 Å². The first-order chi connectivity index (χ1) is 9.72. The maximum atomic E-state index is 4.50. The van der Waals surface area contributed by atoms with Gasteiger partial charge in [-0.3, -0.25) is 0 Å². The van der Waals surface area contributed by atoms with Gasteiger partial charge < -0.3 is 10.6 Å². The average Bonchev–Trinajstić information content (AvgIpc) is 2.47. The minimum absolute atomic E-state index is 0.766. The van der Waals surface area contributed by atoms with Crippen molar-refractivity contribution >= 4 is 29.1 Å². The molecule has 1 aromatic carbocycles. The van der Waals surface area contributed by atoms with Crippen LogP contribution in [0.4, 0.5) is 17.3 Å². The zero-order valence-electron chi connectivity index (χ0n) is 12.1. The lowest BCUT2D eigenvalue weighted by molar-refractivity contribution is 0.929. The van der Waals surface area contributed by atoms with Gasteiger partial charge in [-0.1, -0.05) is 36.9 Å². The molecule has 0 aliphatic carbocycles. The lowest BCUT2D eigenvalue weighted by atomic mass is 10.2. The maximum absolute atomic E-state index is 4.50. The third kappa shape index (κ3) is 3.87. The van der Waals surface area contributed by atoms with Gasteiger partial charge in [0.25, 0.3) is 0 Å². The van der Waals surface area contributed by atoms with Gasteiger partial charge in [-0.15, -0.1) is 0 Å². The predicted molar refractivity (Wildman–Crippen MR) is 87.1 cm³/mol. The summed E-state index contributed by atoms with van der Waals surface area (Å²) in [5.41, 5.74) is 2.26. The Balaban J connectivity index is 2.24. The largest absolute Gasteiger partial charge is 0.370 e. The molecule has 20 heavy (non-hydrogen) atoms. The molecule has 2 rings (SSSR count). The Morgan fingerprint density at radius 3 is 2.60 bits per heavy atom. The van der Waals surface area contributed by atoms with Crippen LogP contribution in [0, 0.1) is 6.92 Å². The van der Waals surface area contributed by atoms with Crippen molar-refractivity contribution in [3.63, 3.8) is 0 Å². The van der Waals surface area contributed by atoms with E-state index < -0.39 is 0 Å². The molecule has 106 valence electrons. The Morgan fingerprint density at radius 1 is 1.15 bits per heavy atom. The molecule has 2 aromatic rings. The highest BCUT2D eigenvalue weighted by molar-refractivity contribution is 7.98. The van der Waals surface area contributed by atoms with Gasteiger partial charge in [0.2, 0.25) is 0 Å². The van der Waals surface area contributed by atoms with Gasteiger partial charge >= 0.3 is 0 Å². The monoisotopic (exact) mass is 288 g/mol. The zero-order chi connectivity index (χ0) is 14.4. The normalized spacial score (nSPS) is 10.3. The van der Waals surface area contributed by atoms with E-state index in [9.17, 15) is 0 Å². The van der Waals surface area contributed by atoms with Crippen molar-refractivity contribution in [3.8, 4) is 0 Å². The molecule has 1 heterocycles. The van der Waals surface area contributed by atoms with Crippen molar-refractivity contribution in [3.05, 3.63) is 35.9 Å². The first-order valence-electron chi connectivity index (χ1n) is 6.72. The van der Waals surface area contributed by atoms with E-state index in [1.807, 2.05) is 24.5 Å². The SMILES string of the molecule is CCCNc1cc(Nc2ccccc2C)nc(SC)n1. The van der Waals surface area contributed by atoms with Crippen molar-refractivity contribution in [2.24, 2.45) is 0 Å². The van der Waals surface area contributed by atoms with E-state index in [1.54, 1.807) is 11.8 Å². The van der Waals surface area contributed by atoms with E-state index in [1.165, 1.54) is 5.56 Å². The summed E-state index contributed by atoms with van der Waals surface area (Å²) in [6.07, 6.45) is 3.05. The fraction of sp³-hybridized carbons (Fsp3) is 0.333. The molecular formula is C15H20N4S. The Hall–Kier alpha value is -1.75. The molecule has 0 fully saturated rings. The molecule has 0 saturated heterocycles. The lowest BCUT2D eigenvalue weighted by Crippen LogP contribution is -2.05. The molecule has 0 unspecified atom stereocenters. The second-order valence-corrected chi connectivity index (χ2v) is 5.27. The van der Waals surface area contributed by atoms with E-state index >= 15 is 0 Å². The van der Waals surface area contributed by atoms with Crippen LogP contribution in [0.25, 0.3) is 0 Å². The number of anilines is 3. The van der Waals surface area contributed by atoms with Crippen LogP contribution in [0.2, 0.25) is 0 Å². The number of hydrogen-bond acceptors (Lipinski definition) is 5. The molecule has 0 spiro atoms. The van der Waals surface area contributed by atoms with Gasteiger partial charge in [0.15, 0.2) is 5.16 Å². The molecule has 5 heteroatoms. The summed E-state index contributed by atoms with van der Waals surface area (Å²) in [6.45, 7) is 5.13. The molecule has 4 nitrogen and oxygen atoms in total. The van der Waals surface area contributed by atoms with E-state index in [0.717, 1.165) is 35.4 Å². The quantitative estimate of drug-likeness (QED) is 0.620. The van der Waals surface area contributed by atoms with Crippen LogP contribution in [0.15, 0.2) is 35.5 Å². The summed E-state index contributed by atoms with van der Waals surface area (Å²) >= 11 is 1.54. The summed E-state index contributed by atoms with van der Waals surface area (Å²) in [4.78, 5) is 8.95. The van der Waals surface area contributed by atoms with Crippen LogP contribution in [0.5, 0.6) is 0 Å². The molecule has 1 aromatic heterocycles. The molecule has 0 saturated carbocycles. The van der Waals surface area contributed by atoms with E-state index in [4.69, 9.17) is 0 Å². The lowest BCUT2D eigenvalue weighted by Gasteiger charge is -2.11. The van der Waals surface area contributed by atoms with Gasteiger partial charge in [0.05, 0.1) is 0 Å². The fourth-order valence-electron chi connectivity index (χ4n) is 1.78. The predicted octanol–water partition coefficient (Wildman–Crippen LogP) is 4.07. The summed E-state index contributed by atoms with van der Waals surface area (Å²) in [5.74, 6) is 1.68. The Morgan fingerprint density at radius 2 is 1.90 bits per heavy atom. The van der Waals surface area contributed by atoms with Crippen molar-refractivity contribution in [1.82, 2.24) is 9.97 Å². The van der Waals surface area contributed by atoms with Crippen molar-refractivity contribution in [1.29, 1.82) is 0 Å². The zero-order valence-corrected chi connectivity index (χ0v) is 12.9. The molecule has 0 radical (unpaired) electrons. The number of rotatable bonds is 6. The Labute approximate surface area is 124 Å². The van der Waals surface area contributed by atoms with Crippen LogP contribution in [-0.2, 0) is 0 Å². The van der Waals surface area contributed by atoms with Gasteiger partial charge in [-0.2, -0.15) is 0 Å².